The van der Waals surface area contributed by atoms with E-state index >= 15 is 0 Å². The molecule has 0 aromatic heterocycles. The van der Waals surface area contributed by atoms with Gasteiger partial charge in [-0.15, -0.1) is 0 Å². The zero-order chi connectivity index (χ0) is 2.71. The average molecular weight is 168 g/mol. The Kier molecular flexibility index (Phi) is 2730. The summed E-state index contributed by atoms with van der Waals surface area (Å²) < 4.78 is 0. The Morgan fingerprint density at radius 2 is 0.889 bits per heavy atom. The molecule has 0 rings (SSSR count). The average Bonchev–Trinajstić information content (AvgIpc) is 0.918. The molecule has 0 spiro atoms. The van der Waals surface area contributed by atoms with Gasteiger partial charge in [-0.1, -0.05) is 13.0 Å². The molecule has 62 valence electrons. The van der Waals surface area contributed by atoms with Crippen LogP contribution < -0.4 is 0 Å². The Balaban J connectivity index is -0.00000000133. The zero-order valence-corrected chi connectivity index (χ0v) is 6.75. The van der Waals surface area contributed by atoms with Gasteiger partial charge in [-0.2, -0.15) is 0 Å². The van der Waals surface area contributed by atoms with Crippen molar-refractivity contribution in [3.8, 4) is 0 Å². The van der Waals surface area contributed by atoms with Crippen LogP contribution in [0.15, 0.2) is 0 Å². The second-order valence-electron chi connectivity index (χ2n) is 0.707. The standard InChI is InChI=1S/C2H8Si.5FH.Li.H/c1-2-3;;;;;;;/h2H2,1,3H3;5*1H;;. The van der Waals surface area contributed by atoms with E-state index in [-0.39, 0.29) is 42.4 Å². The summed E-state index contributed by atoms with van der Waals surface area (Å²) in [6.45, 7) is 2.19. The van der Waals surface area contributed by atoms with Crippen LogP contribution in [0, 0.1) is 0 Å². The number of hydrogen-bond acceptors (Lipinski definition) is 0. The van der Waals surface area contributed by atoms with E-state index in [9.17, 15) is 0 Å². The molecule has 0 saturated heterocycles. The molecular weight excluding hydrogens is 154 g/mol. The van der Waals surface area contributed by atoms with Crippen molar-refractivity contribution in [2.75, 3.05) is 0 Å². The molecule has 0 aromatic rings. The first-order valence-corrected chi connectivity index (χ1v) is 2.83. The molecule has 0 amide bonds. The first-order valence-electron chi connectivity index (χ1n) is 1.41. The molecular formula is C2H14F5LiSi. The molecule has 9 heavy (non-hydrogen) atoms. The molecule has 0 unspecified atom stereocenters. The Hall–Kier alpha value is 0.464. The van der Waals surface area contributed by atoms with Gasteiger partial charge in [-0.25, -0.2) is 0 Å². The number of hydrogen-bond donors (Lipinski definition) is 0. The Morgan fingerprint density at radius 3 is 0.889 bits per heavy atom. The fourth-order valence-corrected chi connectivity index (χ4v) is 0. The maximum atomic E-state index is 2.19. The van der Waals surface area contributed by atoms with E-state index in [1.807, 2.05) is 0 Å². The van der Waals surface area contributed by atoms with Crippen LogP contribution in [0.4, 0.5) is 23.5 Å². The monoisotopic (exact) mass is 168 g/mol. The summed E-state index contributed by atoms with van der Waals surface area (Å²) in [7, 11) is 1.37. The molecule has 0 radical (unpaired) electrons. The zero-order valence-electron chi connectivity index (χ0n) is 4.75. The van der Waals surface area contributed by atoms with Crippen molar-refractivity contribution >= 4 is 29.1 Å². The molecule has 0 aromatic carbocycles. The Labute approximate surface area is 66.2 Å². The molecule has 0 saturated carbocycles. The van der Waals surface area contributed by atoms with E-state index in [0.29, 0.717) is 0 Å². The van der Waals surface area contributed by atoms with Gasteiger partial charge in [0.25, 0.3) is 0 Å². The third-order valence-electron chi connectivity index (χ3n) is 0. The van der Waals surface area contributed by atoms with E-state index in [2.05, 4.69) is 6.92 Å². The second kappa shape index (κ2) is 220. The van der Waals surface area contributed by atoms with Gasteiger partial charge in [0.15, 0.2) is 0 Å². The SMILES string of the molecule is CC[SiH3].F.F.F.F.F.[LiH]. The third-order valence-corrected chi connectivity index (χ3v) is 0. The third kappa shape index (κ3) is 1640. The fourth-order valence-electron chi connectivity index (χ4n) is 0. The predicted molar refractivity (Wildman–Crippen MR) is 40.1 cm³/mol. The van der Waals surface area contributed by atoms with Crippen LogP contribution in [0.25, 0.3) is 0 Å². The molecule has 0 aliphatic heterocycles. The maximum absolute atomic E-state index is 2.19. The van der Waals surface area contributed by atoms with Gasteiger partial charge in [-0.05, 0) is 0 Å². The van der Waals surface area contributed by atoms with Gasteiger partial charge in [0, 0.05) is 10.2 Å². The van der Waals surface area contributed by atoms with Crippen molar-refractivity contribution in [1.29, 1.82) is 0 Å². The number of halogens is 5. The molecule has 0 aliphatic carbocycles. The van der Waals surface area contributed by atoms with Crippen LogP contribution >= 0.6 is 0 Å². The van der Waals surface area contributed by atoms with Crippen molar-refractivity contribution in [1.82, 2.24) is 0 Å². The van der Waals surface area contributed by atoms with Crippen molar-refractivity contribution in [3.63, 3.8) is 0 Å². The van der Waals surface area contributed by atoms with Crippen LogP contribution in [0.1, 0.15) is 6.92 Å². The normalized spacial score (nSPS) is 2.33. The number of rotatable bonds is 0. The van der Waals surface area contributed by atoms with Crippen LogP contribution in [-0.4, -0.2) is 29.1 Å². The van der Waals surface area contributed by atoms with E-state index in [0.717, 1.165) is 0 Å². The summed E-state index contributed by atoms with van der Waals surface area (Å²) in [5.74, 6) is 0. The van der Waals surface area contributed by atoms with Crippen molar-refractivity contribution in [2.24, 2.45) is 0 Å². The van der Waals surface area contributed by atoms with Crippen LogP contribution in [0.5, 0.6) is 0 Å². The minimum absolute atomic E-state index is 0. The molecule has 7 heteroatoms. The minimum atomic E-state index is 0. The molecule has 0 N–H and O–H groups in total. The molecule has 0 fully saturated rings. The summed E-state index contributed by atoms with van der Waals surface area (Å²) in [4.78, 5) is 0. The summed E-state index contributed by atoms with van der Waals surface area (Å²) in [5, 5.41) is 0. The Morgan fingerprint density at radius 1 is 0.889 bits per heavy atom. The topological polar surface area (TPSA) is 0 Å². The molecule has 0 atom stereocenters. The first kappa shape index (κ1) is 112. The summed E-state index contributed by atoms with van der Waals surface area (Å²) in [6, 6.07) is 1.39. The summed E-state index contributed by atoms with van der Waals surface area (Å²) in [5.41, 5.74) is 0. The second-order valence-corrected chi connectivity index (χ2v) is 2.12. The van der Waals surface area contributed by atoms with E-state index < -0.39 is 0 Å². The van der Waals surface area contributed by atoms with Gasteiger partial charge in [0.2, 0.25) is 0 Å². The fraction of sp³-hybridized carbons (Fsp3) is 1.00. The van der Waals surface area contributed by atoms with E-state index in [1.54, 1.807) is 0 Å². The van der Waals surface area contributed by atoms with Crippen molar-refractivity contribution in [2.45, 2.75) is 13.0 Å². The molecule has 0 heterocycles. The van der Waals surface area contributed by atoms with Gasteiger partial charge in [0.05, 0.1) is 0 Å². The van der Waals surface area contributed by atoms with E-state index in [4.69, 9.17) is 0 Å². The van der Waals surface area contributed by atoms with Gasteiger partial charge >= 0.3 is 18.9 Å². The predicted octanol–water partition coefficient (Wildman–Crippen LogP) is -0.0960. The summed E-state index contributed by atoms with van der Waals surface area (Å²) in [6.07, 6.45) is 0. The van der Waals surface area contributed by atoms with Crippen LogP contribution in [0.3, 0.4) is 0 Å². The molecule has 0 nitrogen and oxygen atoms in total. The summed E-state index contributed by atoms with van der Waals surface area (Å²) >= 11 is 0. The first-order chi connectivity index (χ1) is 1.41. The van der Waals surface area contributed by atoms with E-state index in [1.165, 1.54) is 16.3 Å². The van der Waals surface area contributed by atoms with Crippen molar-refractivity contribution < 1.29 is 23.5 Å². The molecule has 0 aliphatic rings. The van der Waals surface area contributed by atoms with Gasteiger partial charge in [-0.3, -0.25) is 23.5 Å². The van der Waals surface area contributed by atoms with Crippen molar-refractivity contribution in [3.05, 3.63) is 0 Å². The molecule has 0 bridgehead atoms. The van der Waals surface area contributed by atoms with Gasteiger partial charge in [0.1, 0.15) is 0 Å². The van der Waals surface area contributed by atoms with Crippen LogP contribution in [0.2, 0.25) is 6.04 Å². The quantitative estimate of drug-likeness (QED) is 0.350. The van der Waals surface area contributed by atoms with Gasteiger partial charge < -0.3 is 0 Å². The van der Waals surface area contributed by atoms with Crippen LogP contribution in [-0.2, 0) is 0 Å². The Bertz CT molecular complexity index is 14.9.